The summed E-state index contributed by atoms with van der Waals surface area (Å²) < 4.78 is 0. The molecule has 3 rings (SSSR count). The van der Waals surface area contributed by atoms with Gasteiger partial charge in [-0.2, -0.15) is 0 Å². The van der Waals surface area contributed by atoms with Crippen LogP contribution >= 0.6 is 0 Å². The molecule has 1 aliphatic carbocycles. The summed E-state index contributed by atoms with van der Waals surface area (Å²) in [6, 6.07) is 10.0. The molecule has 0 fully saturated rings. The van der Waals surface area contributed by atoms with Crippen molar-refractivity contribution < 1.29 is 9.59 Å². The normalized spacial score (nSPS) is 14.7. The maximum absolute atomic E-state index is 12.1. The van der Waals surface area contributed by atoms with E-state index in [0.717, 1.165) is 16.3 Å². The Kier molecular flexibility index (Phi) is 2.82. The van der Waals surface area contributed by atoms with Gasteiger partial charge in [-0.15, -0.1) is 0 Å². The molecule has 0 amide bonds. The van der Waals surface area contributed by atoms with Crippen LogP contribution in [0.4, 0.5) is 0 Å². The van der Waals surface area contributed by atoms with Crippen LogP contribution in [-0.4, -0.2) is 11.6 Å². The van der Waals surface area contributed by atoms with E-state index in [1.807, 2.05) is 12.1 Å². The minimum absolute atomic E-state index is 0.393. The molecule has 0 aliphatic heterocycles. The van der Waals surface area contributed by atoms with Crippen molar-refractivity contribution in [3.8, 4) is 0 Å². The summed E-state index contributed by atoms with van der Waals surface area (Å²) in [5, 5.41) is 2.15. The maximum Gasteiger partial charge on any atom is 0.233 e. The van der Waals surface area contributed by atoms with Gasteiger partial charge in [-0.25, -0.2) is 0 Å². The standard InChI is InChI=1S/C18H16O2/c1-10(2)12-4-6-14-13(9-12)5-7-15-16(14)8-11(3)17(19)18(15)20/h4-10H,1-3H3. The molecule has 1 aliphatic rings. The summed E-state index contributed by atoms with van der Waals surface area (Å²) in [6.45, 7) is 6.02. The third-order valence-corrected chi connectivity index (χ3v) is 3.92. The zero-order valence-electron chi connectivity index (χ0n) is 11.9. The average molecular weight is 264 g/mol. The zero-order valence-corrected chi connectivity index (χ0v) is 11.9. The van der Waals surface area contributed by atoms with Crippen LogP contribution in [-0.2, 0) is 4.79 Å². The van der Waals surface area contributed by atoms with Crippen LogP contribution in [0.15, 0.2) is 35.9 Å². The van der Waals surface area contributed by atoms with Crippen molar-refractivity contribution in [2.45, 2.75) is 26.7 Å². The molecule has 2 heteroatoms. The molecule has 0 atom stereocenters. The maximum atomic E-state index is 12.1. The third kappa shape index (κ3) is 1.80. The van der Waals surface area contributed by atoms with E-state index < -0.39 is 11.6 Å². The van der Waals surface area contributed by atoms with Gasteiger partial charge in [0.15, 0.2) is 0 Å². The summed E-state index contributed by atoms with van der Waals surface area (Å²) >= 11 is 0. The molecule has 2 aromatic carbocycles. The Bertz CT molecular complexity index is 779. The number of allylic oxidation sites excluding steroid dienone is 1. The fraction of sp³-hybridized carbons (Fsp3) is 0.222. The van der Waals surface area contributed by atoms with Crippen molar-refractivity contribution in [1.29, 1.82) is 0 Å². The van der Waals surface area contributed by atoms with E-state index in [0.29, 0.717) is 17.1 Å². The zero-order chi connectivity index (χ0) is 14.4. The van der Waals surface area contributed by atoms with Crippen molar-refractivity contribution >= 4 is 28.4 Å². The van der Waals surface area contributed by atoms with Gasteiger partial charge in [-0.1, -0.05) is 38.1 Å². The van der Waals surface area contributed by atoms with Gasteiger partial charge in [0.05, 0.1) is 0 Å². The van der Waals surface area contributed by atoms with Crippen molar-refractivity contribution in [3.63, 3.8) is 0 Å². The molecule has 0 unspecified atom stereocenters. The van der Waals surface area contributed by atoms with Gasteiger partial charge in [-0.05, 0) is 46.9 Å². The Morgan fingerprint density at radius 2 is 1.70 bits per heavy atom. The lowest BCUT2D eigenvalue weighted by Gasteiger charge is -2.15. The number of rotatable bonds is 1. The first kappa shape index (κ1) is 12.8. The number of Topliss-reactive ketones (excluding diaryl/α,β-unsaturated/α-hetero) is 2. The van der Waals surface area contributed by atoms with Crippen molar-refractivity contribution in [3.05, 3.63) is 52.6 Å². The molecule has 0 saturated carbocycles. The molecule has 0 spiro atoms. The summed E-state index contributed by atoms with van der Waals surface area (Å²) in [5.74, 6) is -0.318. The van der Waals surface area contributed by atoms with E-state index in [1.165, 1.54) is 5.56 Å². The molecule has 0 aromatic heterocycles. The lowest BCUT2D eigenvalue weighted by atomic mass is 9.86. The minimum Gasteiger partial charge on any atom is -0.285 e. The van der Waals surface area contributed by atoms with Gasteiger partial charge in [-0.3, -0.25) is 9.59 Å². The third-order valence-electron chi connectivity index (χ3n) is 3.92. The highest BCUT2D eigenvalue weighted by Crippen LogP contribution is 2.31. The van der Waals surface area contributed by atoms with Gasteiger partial charge < -0.3 is 0 Å². The highest BCUT2D eigenvalue weighted by Gasteiger charge is 2.26. The second-order valence-corrected chi connectivity index (χ2v) is 5.65. The monoisotopic (exact) mass is 264 g/mol. The van der Waals surface area contributed by atoms with Crippen LogP contribution in [0.3, 0.4) is 0 Å². The van der Waals surface area contributed by atoms with Gasteiger partial charge >= 0.3 is 0 Å². The SMILES string of the molecule is CC1=Cc2c(ccc3cc(C(C)C)ccc23)C(=O)C1=O. The van der Waals surface area contributed by atoms with Crippen LogP contribution in [0.5, 0.6) is 0 Å². The molecule has 0 heterocycles. The molecule has 2 nitrogen and oxygen atoms in total. The molecule has 0 saturated heterocycles. The van der Waals surface area contributed by atoms with E-state index in [-0.39, 0.29) is 0 Å². The predicted molar refractivity (Wildman–Crippen MR) is 81.0 cm³/mol. The van der Waals surface area contributed by atoms with Crippen molar-refractivity contribution in [1.82, 2.24) is 0 Å². The summed E-state index contributed by atoms with van der Waals surface area (Å²) in [5.41, 5.74) is 3.18. The Balaban J connectivity index is 2.31. The van der Waals surface area contributed by atoms with Gasteiger partial charge in [0.1, 0.15) is 0 Å². The van der Waals surface area contributed by atoms with Crippen LogP contribution in [0, 0.1) is 0 Å². The lowest BCUT2D eigenvalue weighted by molar-refractivity contribution is -0.111. The van der Waals surface area contributed by atoms with Crippen LogP contribution in [0.2, 0.25) is 0 Å². The Labute approximate surface area is 118 Å². The number of hydrogen-bond donors (Lipinski definition) is 0. The first-order valence-corrected chi connectivity index (χ1v) is 6.83. The second-order valence-electron chi connectivity index (χ2n) is 5.65. The van der Waals surface area contributed by atoms with Crippen molar-refractivity contribution in [2.24, 2.45) is 0 Å². The number of carbonyl (C=O) groups is 2. The van der Waals surface area contributed by atoms with E-state index in [9.17, 15) is 9.59 Å². The fourth-order valence-corrected chi connectivity index (χ4v) is 2.67. The Morgan fingerprint density at radius 3 is 2.40 bits per heavy atom. The molecule has 0 N–H and O–H groups in total. The fourth-order valence-electron chi connectivity index (χ4n) is 2.67. The number of hydrogen-bond acceptors (Lipinski definition) is 2. The van der Waals surface area contributed by atoms with Crippen LogP contribution in [0.25, 0.3) is 16.8 Å². The summed E-state index contributed by atoms with van der Waals surface area (Å²) in [4.78, 5) is 23.8. The van der Waals surface area contributed by atoms with E-state index in [2.05, 4.69) is 32.0 Å². The smallest absolute Gasteiger partial charge is 0.233 e. The van der Waals surface area contributed by atoms with E-state index in [4.69, 9.17) is 0 Å². The van der Waals surface area contributed by atoms with Crippen LogP contribution < -0.4 is 0 Å². The highest BCUT2D eigenvalue weighted by atomic mass is 16.2. The predicted octanol–water partition coefficient (Wildman–Crippen LogP) is 4.13. The number of carbonyl (C=O) groups excluding carboxylic acids is 2. The minimum atomic E-state index is -0.394. The van der Waals surface area contributed by atoms with Gasteiger partial charge in [0.2, 0.25) is 11.6 Å². The highest BCUT2D eigenvalue weighted by molar-refractivity contribution is 6.52. The molecule has 0 bridgehead atoms. The van der Waals surface area contributed by atoms with Gasteiger partial charge in [0, 0.05) is 11.1 Å². The molecular weight excluding hydrogens is 248 g/mol. The summed E-state index contributed by atoms with van der Waals surface area (Å²) in [7, 11) is 0. The van der Waals surface area contributed by atoms with Crippen LogP contribution in [0.1, 0.15) is 48.2 Å². The quantitative estimate of drug-likeness (QED) is 0.726. The topological polar surface area (TPSA) is 34.1 Å². The largest absolute Gasteiger partial charge is 0.285 e. The molecule has 100 valence electrons. The van der Waals surface area contributed by atoms with Gasteiger partial charge in [0.25, 0.3) is 0 Å². The Hall–Kier alpha value is -2.22. The lowest BCUT2D eigenvalue weighted by Crippen LogP contribution is -2.20. The number of ketones is 2. The van der Waals surface area contributed by atoms with E-state index in [1.54, 1.807) is 13.0 Å². The first-order chi connectivity index (χ1) is 9.49. The van der Waals surface area contributed by atoms with Crippen molar-refractivity contribution in [2.75, 3.05) is 0 Å². The number of fused-ring (bicyclic) bond motifs is 3. The number of benzene rings is 2. The van der Waals surface area contributed by atoms with E-state index >= 15 is 0 Å². The first-order valence-electron chi connectivity index (χ1n) is 6.83. The Morgan fingerprint density at radius 1 is 0.950 bits per heavy atom. The average Bonchev–Trinajstić information content (AvgIpc) is 2.44. The molecule has 20 heavy (non-hydrogen) atoms. The second kappa shape index (κ2) is 4.41. The molecule has 2 aromatic rings. The summed E-state index contributed by atoms with van der Waals surface area (Å²) in [6.07, 6.45) is 1.83. The molecule has 0 radical (unpaired) electrons. The molecular formula is C18H16O2.